The predicted molar refractivity (Wildman–Crippen MR) is 66.1 cm³/mol. The van der Waals surface area contributed by atoms with Crippen LogP contribution in [0.15, 0.2) is 0 Å². The average molecular weight is 216 g/mol. The zero-order valence-electron chi connectivity index (χ0n) is 11.3. The summed E-state index contributed by atoms with van der Waals surface area (Å²) >= 11 is 0. The van der Waals surface area contributed by atoms with Gasteiger partial charge in [0.1, 0.15) is 0 Å². The van der Waals surface area contributed by atoms with Crippen molar-refractivity contribution in [3.63, 3.8) is 0 Å². The standard InChI is InChI=1S/C12H28N2O/c1-7-11(3,4)14(6)12(5,9-13)10-15-8-2/h7-10,13H2,1-6H3. The molecule has 0 aromatic rings. The molecule has 0 saturated heterocycles. The monoisotopic (exact) mass is 216 g/mol. The van der Waals surface area contributed by atoms with Crippen molar-refractivity contribution in [1.82, 2.24) is 4.90 Å². The van der Waals surface area contributed by atoms with Crippen LogP contribution in [-0.2, 0) is 4.74 Å². The van der Waals surface area contributed by atoms with Crippen LogP contribution in [0.1, 0.15) is 41.0 Å². The van der Waals surface area contributed by atoms with Gasteiger partial charge in [-0.2, -0.15) is 0 Å². The molecule has 0 aromatic carbocycles. The fourth-order valence-electron chi connectivity index (χ4n) is 1.58. The topological polar surface area (TPSA) is 38.5 Å². The first-order valence-electron chi connectivity index (χ1n) is 5.85. The van der Waals surface area contributed by atoms with Gasteiger partial charge < -0.3 is 10.5 Å². The zero-order chi connectivity index (χ0) is 12.1. The average Bonchev–Trinajstić information content (AvgIpc) is 2.24. The van der Waals surface area contributed by atoms with Crippen molar-refractivity contribution in [2.75, 3.05) is 26.8 Å². The Balaban J connectivity index is 4.63. The lowest BCUT2D eigenvalue weighted by molar-refractivity contribution is -0.0264. The van der Waals surface area contributed by atoms with E-state index in [-0.39, 0.29) is 11.1 Å². The molecule has 0 amide bonds. The van der Waals surface area contributed by atoms with Gasteiger partial charge in [0.15, 0.2) is 0 Å². The molecule has 3 nitrogen and oxygen atoms in total. The van der Waals surface area contributed by atoms with Crippen LogP contribution in [0.4, 0.5) is 0 Å². The molecule has 0 saturated carbocycles. The maximum Gasteiger partial charge on any atom is 0.0659 e. The Hall–Kier alpha value is -0.120. The molecule has 92 valence electrons. The zero-order valence-corrected chi connectivity index (χ0v) is 11.3. The molecule has 0 spiro atoms. The van der Waals surface area contributed by atoms with Crippen LogP contribution < -0.4 is 5.73 Å². The van der Waals surface area contributed by atoms with Crippen LogP contribution in [0.2, 0.25) is 0 Å². The lowest BCUT2D eigenvalue weighted by atomic mass is 9.91. The molecular formula is C12H28N2O. The van der Waals surface area contributed by atoms with E-state index in [0.29, 0.717) is 13.2 Å². The molecule has 0 aliphatic rings. The van der Waals surface area contributed by atoms with Gasteiger partial charge in [0, 0.05) is 18.7 Å². The summed E-state index contributed by atoms with van der Waals surface area (Å²) in [5, 5.41) is 0. The Labute approximate surface area is 95.0 Å². The quantitative estimate of drug-likeness (QED) is 0.706. The fraction of sp³-hybridized carbons (Fsp3) is 1.00. The molecule has 0 aliphatic heterocycles. The third-order valence-corrected chi connectivity index (χ3v) is 3.64. The van der Waals surface area contributed by atoms with Crippen molar-refractivity contribution in [1.29, 1.82) is 0 Å². The summed E-state index contributed by atoms with van der Waals surface area (Å²) in [5.41, 5.74) is 5.96. The van der Waals surface area contributed by atoms with Gasteiger partial charge in [0.25, 0.3) is 0 Å². The minimum atomic E-state index is -0.0739. The van der Waals surface area contributed by atoms with Crippen molar-refractivity contribution in [3.05, 3.63) is 0 Å². The van der Waals surface area contributed by atoms with Crippen LogP contribution in [0, 0.1) is 0 Å². The fourth-order valence-corrected chi connectivity index (χ4v) is 1.58. The van der Waals surface area contributed by atoms with Crippen molar-refractivity contribution in [2.24, 2.45) is 5.73 Å². The van der Waals surface area contributed by atoms with Gasteiger partial charge in [0.05, 0.1) is 12.1 Å². The van der Waals surface area contributed by atoms with Crippen molar-refractivity contribution >= 4 is 0 Å². The Morgan fingerprint density at radius 3 is 2.07 bits per heavy atom. The summed E-state index contributed by atoms with van der Waals surface area (Å²) in [7, 11) is 2.13. The molecule has 0 aliphatic carbocycles. The highest BCUT2D eigenvalue weighted by molar-refractivity contribution is 4.93. The van der Waals surface area contributed by atoms with E-state index < -0.39 is 0 Å². The maximum absolute atomic E-state index is 5.88. The van der Waals surface area contributed by atoms with Gasteiger partial charge in [-0.05, 0) is 41.2 Å². The largest absolute Gasteiger partial charge is 0.380 e. The van der Waals surface area contributed by atoms with E-state index in [1.807, 2.05) is 6.92 Å². The molecule has 1 atom stereocenters. The van der Waals surface area contributed by atoms with E-state index in [1.165, 1.54) is 0 Å². The second kappa shape index (κ2) is 5.83. The highest BCUT2D eigenvalue weighted by atomic mass is 16.5. The molecule has 0 radical (unpaired) electrons. The van der Waals surface area contributed by atoms with Gasteiger partial charge in [-0.15, -0.1) is 0 Å². The Morgan fingerprint density at radius 2 is 1.73 bits per heavy atom. The van der Waals surface area contributed by atoms with Crippen molar-refractivity contribution < 1.29 is 4.74 Å². The minimum Gasteiger partial charge on any atom is -0.380 e. The Bertz CT molecular complexity index is 182. The van der Waals surface area contributed by atoms with E-state index in [4.69, 9.17) is 10.5 Å². The second-order valence-electron chi connectivity index (χ2n) is 5.06. The van der Waals surface area contributed by atoms with Gasteiger partial charge in [-0.25, -0.2) is 0 Å². The molecule has 0 heterocycles. The molecule has 0 bridgehead atoms. The maximum atomic E-state index is 5.88. The number of likely N-dealkylation sites (N-methyl/N-ethyl adjacent to an activating group) is 1. The van der Waals surface area contributed by atoms with Crippen LogP contribution in [0.25, 0.3) is 0 Å². The van der Waals surface area contributed by atoms with Crippen LogP contribution in [0.3, 0.4) is 0 Å². The first kappa shape index (κ1) is 14.9. The van der Waals surface area contributed by atoms with Crippen molar-refractivity contribution in [2.45, 2.75) is 52.1 Å². The van der Waals surface area contributed by atoms with Crippen LogP contribution in [0.5, 0.6) is 0 Å². The first-order valence-corrected chi connectivity index (χ1v) is 5.85. The summed E-state index contributed by atoms with van der Waals surface area (Å²) in [6.07, 6.45) is 1.10. The Morgan fingerprint density at radius 1 is 1.20 bits per heavy atom. The van der Waals surface area contributed by atoms with Gasteiger partial charge in [-0.1, -0.05) is 6.92 Å². The van der Waals surface area contributed by atoms with Gasteiger partial charge in [0.2, 0.25) is 0 Å². The molecule has 3 heteroatoms. The lowest BCUT2D eigenvalue weighted by Crippen LogP contribution is -2.60. The number of nitrogens with two attached hydrogens (primary N) is 1. The molecule has 0 fully saturated rings. The Kier molecular flexibility index (Phi) is 5.78. The molecule has 15 heavy (non-hydrogen) atoms. The first-order chi connectivity index (χ1) is 6.84. The van der Waals surface area contributed by atoms with Gasteiger partial charge >= 0.3 is 0 Å². The predicted octanol–water partition coefficient (Wildman–Crippen LogP) is 1.86. The van der Waals surface area contributed by atoms with Crippen LogP contribution >= 0.6 is 0 Å². The highest BCUT2D eigenvalue weighted by Gasteiger charge is 2.36. The number of rotatable bonds is 7. The van der Waals surface area contributed by atoms with E-state index in [2.05, 4.69) is 39.6 Å². The second-order valence-corrected chi connectivity index (χ2v) is 5.06. The molecule has 0 aromatic heterocycles. The normalized spacial score (nSPS) is 16.8. The van der Waals surface area contributed by atoms with E-state index in [0.717, 1.165) is 13.0 Å². The summed E-state index contributed by atoms with van der Waals surface area (Å²) in [4.78, 5) is 2.34. The molecular weight excluding hydrogens is 188 g/mol. The molecule has 1 unspecified atom stereocenters. The molecule has 0 rings (SSSR count). The van der Waals surface area contributed by atoms with E-state index >= 15 is 0 Å². The SMILES string of the molecule is CCOCC(C)(CN)N(C)C(C)(C)CC. The number of hydrogen-bond donors (Lipinski definition) is 1. The summed E-state index contributed by atoms with van der Waals surface area (Å²) in [5.74, 6) is 0. The summed E-state index contributed by atoms with van der Waals surface area (Å²) in [6, 6.07) is 0. The third-order valence-electron chi connectivity index (χ3n) is 3.64. The number of nitrogens with zero attached hydrogens (tertiary/aromatic N) is 1. The van der Waals surface area contributed by atoms with Crippen LogP contribution in [-0.4, -0.2) is 42.8 Å². The minimum absolute atomic E-state index is 0.0739. The van der Waals surface area contributed by atoms with Crippen molar-refractivity contribution in [3.8, 4) is 0 Å². The molecule has 2 N–H and O–H groups in total. The van der Waals surface area contributed by atoms with E-state index in [1.54, 1.807) is 0 Å². The number of ether oxygens (including phenoxy) is 1. The third kappa shape index (κ3) is 3.74. The van der Waals surface area contributed by atoms with E-state index in [9.17, 15) is 0 Å². The highest BCUT2D eigenvalue weighted by Crippen LogP contribution is 2.25. The van der Waals surface area contributed by atoms with Gasteiger partial charge in [-0.3, -0.25) is 4.90 Å². The summed E-state index contributed by atoms with van der Waals surface area (Å²) in [6.45, 7) is 12.9. The summed E-state index contributed by atoms with van der Waals surface area (Å²) < 4.78 is 5.53. The number of hydrogen-bond acceptors (Lipinski definition) is 3. The lowest BCUT2D eigenvalue weighted by Gasteiger charge is -2.47. The smallest absolute Gasteiger partial charge is 0.0659 e.